The van der Waals surface area contributed by atoms with E-state index in [1.54, 1.807) is 12.1 Å². The third kappa shape index (κ3) is 3.08. The number of benzene rings is 2. The van der Waals surface area contributed by atoms with Crippen molar-refractivity contribution in [2.24, 2.45) is 0 Å². The van der Waals surface area contributed by atoms with Crippen LogP contribution in [0.5, 0.6) is 5.75 Å². The average molecular weight is 284 g/mol. The van der Waals surface area contributed by atoms with Crippen LogP contribution in [0.3, 0.4) is 0 Å². The Morgan fingerprint density at radius 1 is 1.14 bits per heavy atom. The van der Waals surface area contributed by atoms with Gasteiger partial charge in [0.15, 0.2) is 6.61 Å². The quantitative estimate of drug-likeness (QED) is 0.732. The van der Waals surface area contributed by atoms with E-state index in [1.165, 1.54) is 12.1 Å². The first-order valence-corrected chi connectivity index (χ1v) is 6.49. The number of ether oxygens (including phenoxy) is 1. The highest BCUT2D eigenvalue weighted by molar-refractivity contribution is 5.57. The number of nitrogens with zero attached hydrogens (tertiary/aromatic N) is 2. The Labute approximate surface area is 121 Å². The number of halogens is 1. The minimum atomic E-state index is -0.346. The Kier molecular flexibility index (Phi) is 3.64. The van der Waals surface area contributed by atoms with E-state index >= 15 is 0 Å². The van der Waals surface area contributed by atoms with Crippen LogP contribution in [0.25, 0.3) is 11.5 Å². The summed E-state index contributed by atoms with van der Waals surface area (Å²) in [6, 6.07) is 13.7. The topological polar surface area (TPSA) is 48.2 Å². The first kappa shape index (κ1) is 13.3. The molecule has 0 amide bonds. The van der Waals surface area contributed by atoms with Crippen LogP contribution in [0.15, 0.2) is 53.1 Å². The average Bonchev–Trinajstić information content (AvgIpc) is 2.94. The van der Waals surface area contributed by atoms with Gasteiger partial charge >= 0.3 is 0 Å². The maximum atomic E-state index is 13.0. The summed E-state index contributed by atoms with van der Waals surface area (Å²) < 4.78 is 23.7. The van der Waals surface area contributed by atoms with Crippen LogP contribution in [0.4, 0.5) is 4.39 Å². The number of aryl methyl sites for hydroxylation is 1. The van der Waals surface area contributed by atoms with Gasteiger partial charge in [0.05, 0.1) is 0 Å². The highest BCUT2D eigenvalue weighted by Gasteiger charge is 2.11. The van der Waals surface area contributed by atoms with E-state index in [4.69, 9.17) is 9.26 Å². The lowest BCUT2D eigenvalue weighted by Crippen LogP contribution is -1.97. The second-order valence-corrected chi connectivity index (χ2v) is 4.58. The second-order valence-electron chi connectivity index (χ2n) is 4.58. The van der Waals surface area contributed by atoms with Crippen LogP contribution in [0.2, 0.25) is 0 Å². The lowest BCUT2D eigenvalue weighted by molar-refractivity contribution is 0.285. The van der Waals surface area contributed by atoms with E-state index in [0.717, 1.165) is 11.1 Å². The zero-order valence-corrected chi connectivity index (χ0v) is 11.4. The van der Waals surface area contributed by atoms with E-state index in [0.29, 0.717) is 17.5 Å². The highest BCUT2D eigenvalue weighted by Crippen LogP contribution is 2.21. The molecule has 0 saturated carbocycles. The fourth-order valence-corrected chi connectivity index (χ4v) is 1.94. The van der Waals surface area contributed by atoms with Crippen LogP contribution in [0, 0.1) is 12.7 Å². The molecule has 0 atom stereocenters. The number of rotatable bonds is 4. The molecular formula is C16H13FN2O2. The molecule has 0 bridgehead atoms. The van der Waals surface area contributed by atoms with Gasteiger partial charge in [-0.2, -0.15) is 4.98 Å². The molecular weight excluding hydrogens is 271 g/mol. The summed E-state index contributed by atoms with van der Waals surface area (Å²) in [4.78, 5) is 4.28. The summed E-state index contributed by atoms with van der Waals surface area (Å²) >= 11 is 0. The van der Waals surface area contributed by atoms with Crippen molar-refractivity contribution < 1.29 is 13.7 Å². The molecule has 21 heavy (non-hydrogen) atoms. The van der Waals surface area contributed by atoms with Crippen LogP contribution >= 0.6 is 0 Å². The van der Waals surface area contributed by atoms with Crippen molar-refractivity contribution in [3.05, 3.63) is 65.7 Å². The number of hydrogen-bond donors (Lipinski definition) is 0. The third-order valence-electron chi connectivity index (χ3n) is 3.01. The first-order valence-electron chi connectivity index (χ1n) is 6.49. The molecule has 106 valence electrons. The molecule has 0 radical (unpaired) electrons. The standard InChI is InChI=1S/C16H13FN2O2/c1-11-5-2-3-8-14(11)16-18-15(19-21-16)10-20-13-7-4-6-12(17)9-13/h2-9H,10H2,1H3. The van der Waals surface area contributed by atoms with Gasteiger partial charge in [-0.1, -0.05) is 29.4 Å². The van der Waals surface area contributed by atoms with Crippen LogP contribution in [-0.4, -0.2) is 10.1 Å². The minimum absolute atomic E-state index is 0.124. The molecule has 0 saturated heterocycles. The SMILES string of the molecule is Cc1ccccc1-c1nc(COc2cccc(F)c2)no1. The molecule has 3 rings (SSSR count). The van der Waals surface area contributed by atoms with Gasteiger partial charge in [-0.25, -0.2) is 4.39 Å². The Morgan fingerprint density at radius 3 is 2.81 bits per heavy atom. The van der Waals surface area contributed by atoms with Crippen molar-refractivity contribution in [3.63, 3.8) is 0 Å². The lowest BCUT2D eigenvalue weighted by Gasteiger charge is -2.02. The van der Waals surface area contributed by atoms with E-state index in [-0.39, 0.29) is 12.4 Å². The molecule has 5 heteroatoms. The first-order chi connectivity index (χ1) is 10.2. The fourth-order valence-electron chi connectivity index (χ4n) is 1.94. The van der Waals surface area contributed by atoms with E-state index in [2.05, 4.69) is 10.1 Å². The van der Waals surface area contributed by atoms with Crippen molar-refractivity contribution >= 4 is 0 Å². The highest BCUT2D eigenvalue weighted by atomic mass is 19.1. The van der Waals surface area contributed by atoms with Crippen LogP contribution < -0.4 is 4.74 Å². The van der Waals surface area contributed by atoms with Crippen molar-refractivity contribution in [2.75, 3.05) is 0 Å². The second kappa shape index (κ2) is 5.75. The van der Waals surface area contributed by atoms with Crippen LogP contribution in [-0.2, 0) is 6.61 Å². The summed E-state index contributed by atoms with van der Waals surface area (Å²) in [5, 5.41) is 3.87. The molecule has 4 nitrogen and oxygen atoms in total. The molecule has 3 aromatic rings. The van der Waals surface area contributed by atoms with E-state index in [9.17, 15) is 4.39 Å². The van der Waals surface area contributed by atoms with E-state index in [1.807, 2.05) is 31.2 Å². The Morgan fingerprint density at radius 2 is 2.00 bits per heavy atom. The predicted molar refractivity (Wildman–Crippen MR) is 75.2 cm³/mol. The summed E-state index contributed by atoms with van der Waals surface area (Å²) in [5.74, 6) is 0.946. The molecule has 0 aliphatic heterocycles. The van der Waals surface area contributed by atoms with Gasteiger partial charge in [-0.15, -0.1) is 0 Å². The number of hydrogen-bond acceptors (Lipinski definition) is 4. The zero-order chi connectivity index (χ0) is 14.7. The minimum Gasteiger partial charge on any atom is -0.485 e. The van der Waals surface area contributed by atoms with Crippen LogP contribution in [0.1, 0.15) is 11.4 Å². The molecule has 1 heterocycles. The molecule has 2 aromatic carbocycles. The molecule has 0 spiro atoms. The molecule has 0 aliphatic rings. The zero-order valence-electron chi connectivity index (χ0n) is 11.4. The van der Waals surface area contributed by atoms with Gasteiger partial charge in [-0.05, 0) is 30.7 Å². The molecule has 0 N–H and O–H groups in total. The van der Waals surface area contributed by atoms with Gasteiger partial charge < -0.3 is 9.26 Å². The maximum Gasteiger partial charge on any atom is 0.258 e. The Hall–Kier alpha value is -2.69. The summed E-state index contributed by atoms with van der Waals surface area (Å²) in [7, 11) is 0. The number of aromatic nitrogens is 2. The molecule has 0 aliphatic carbocycles. The largest absolute Gasteiger partial charge is 0.485 e. The van der Waals surface area contributed by atoms with Gasteiger partial charge in [-0.3, -0.25) is 0 Å². The molecule has 0 unspecified atom stereocenters. The predicted octanol–water partition coefficient (Wildman–Crippen LogP) is 3.76. The van der Waals surface area contributed by atoms with Gasteiger partial charge in [0.2, 0.25) is 5.82 Å². The smallest absolute Gasteiger partial charge is 0.258 e. The fraction of sp³-hybridized carbons (Fsp3) is 0.125. The molecule has 1 aromatic heterocycles. The monoisotopic (exact) mass is 284 g/mol. The van der Waals surface area contributed by atoms with Crippen molar-refractivity contribution in [2.45, 2.75) is 13.5 Å². The summed E-state index contributed by atoms with van der Waals surface area (Å²) in [6.07, 6.45) is 0. The maximum absolute atomic E-state index is 13.0. The summed E-state index contributed by atoms with van der Waals surface area (Å²) in [6.45, 7) is 2.10. The summed E-state index contributed by atoms with van der Waals surface area (Å²) in [5.41, 5.74) is 1.95. The van der Waals surface area contributed by atoms with Gasteiger partial charge in [0.25, 0.3) is 5.89 Å². The van der Waals surface area contributed by atoms with Gasteiger partial charge in [0.1, 0.15) is 11.6 Å². The Balaban J connectivity index is 1.72. The van der Waals surface area contributed by atoms with E-state index < -0.39 is 0 Å². The van der Waals surface area contributed by atoms with Gasteiger partial charge in [0, 0.05) is 11.6 Å². The molecule has 0 fully saturated rings. The normalized spacial score (nSPS) is 10.6. The lowest BCUT2D eigenvalue weighted by atomic mass is 10.1. The van der Waals surface area contributed by atoms with Crippen molar-refractivity contribution in [3.8, 4) is 17.2 Å². The third-order valence-corrected chi connectivity index (χ3v) is 3.01. The Bertz CT molecular complexity index is 755. The van der Waals surface area contributed by atoms with Crippen molar-refractivity contribution in [1.82, 2.24) is 10.1 Å². The van der Waals surface area contributed by atoms with Crippen molar-refractivity contribution in [1.29, 1.82) is 0 Å².